The van der Waals surface area contributed by atoms with Crippen LogP contribution in [0.2, 0.25) is 0 Å². The zero-order valence-corrected chi connectivity index (χ0v) is 16.4. The van der Waals surface area contributed by atoms with Crippen molar-refractivity contribution in [3.8, 4) is 11.3 Å². The van der Waals surface area contributed by atoms with Gasteiger partial charge in [0.25, 0.3) is 5.91 Å². The van der Waals surface area contributed by atoms with E-state index in [1.807, 2.05) is 30.3 Å². The Bertz CT molecular complexity index is 1010. The van der Waals surface area contributed by atoms with Gasteiger partial charge in [0.15, 0.2) is 12.4 Å². The molecule has 150 valence electrons. The second-order valence-corrected chi connectivity index (χ2v) is 7.62. The van der Waals surface area contributed by atoms with Crippen molar-refractivity contribution in [1.82, 2.24) is 10.5 Å². The Morgan fingerprint density at radius 2 is 1.93 bits per heavy atom. The zero-order chi connectivity index (χ0) is 20.2. The first-order valence-corrected chi connectivity index (χ1v) is 10.0. The third-order valence-corrected chi connectivity index (χ3v) is 5.54. The molecule has 0 radical (unpaired) electrons. The highest BCUT2D eigenvalue weighted by Crippen LogP contribution is 2.29. The number of benzene rings is 2. The summed E-state index contributed by atoms with van der Waals surface area (Å²) in [6, 6.07) is 14.8. The van der Waals surface area contributed by atoms with Gasteiger partial charge in [-0.2, -0.15) is 0 Å². The van der Waals surface area contributed by atoms with E-state index in [0.717, 1.165) is 30.2 Å². The molecule has 1 aromatic heterocycles. The molecular weight excluding hydrogens is 368 g/mol. The van der Waals surface area contributed by atoms with Gasteiger partial charge in [0.1, 0.15) is 5.52 Å². The molecule has 0 saturated heterocycles. The smallest absolute Gasteiger partial charge is 0.338 e. The Kier molecular flexibility index (Phi) is 5.60. The van der Waals surface area contributed by atoms with Gasteiger partial charge in [-0.25, -0.2) is 4.79 Å². The van der Waals surface area contributed by atoms with Crippen LogP contribution >= 0.6 is 0 Å². The quantitative estimate of drug-likeness (QED) is 0.653. The Hall–Kier alpha value is -3.15. The number of rotatable bonds is 5. The average molecular weight is 392 g/mol. The van der Waals surface area contributed by atoms with Crippen LogP contribution in [0.15, 0.2) is 53.1 Å². The third-order valence-electron chi connectivity index (χ3n) is 5.54. The lowest BCUT2D eigenvalue weighted by Gasteiger charge is -2.29. The highest BCUT2D eigenvalue weighted by Gasteiger charge is 2.23. The number of fused-ring (bicyclic) bond motifs is 1. The van der Waals surface area contributed by atoms with Gasteiger partial charge < -0.3 is 14.6 Å². The Balaban J connectivity index is 1.42. The summed E-state index contributed by atoms with van der Waals surface area (Å²) in [6.45, 7) is 1.86. The lowest BCUT2D eigenvalue weighted by atomic mass is 9.86. The third kappa shape index (κ3) is 4.31. The summed E-state index contributed by atoms with van der Waals surface area (Å²) in [6.07, 6.45) is 4.43. The minimum absolute atomic E-state index is 0.164. The predicted molar refractivity (Wildman–Crippen MR) is 109 cm³/mol. The minimum Gasteiger partial charge on any atom is -0.452 e. The molecule has 1 aliphatic carbocycles. The highest BCUT2D eigenvalue weighted by atomic mass is 16.5. The minimum atomic E-state index is -0.543. The van der Waals surface area contributed by atoms with Crippen LogP contribution in [0, 0.1) is 5.92 Å². The standard InChI is InChI=1S/C23H24N2O4/c1-15-7-5-6-10-19(15)24-21(26)14-28-23(27)17-11-12-20-18(13-17)22(29-25-20)16-8-3-2-4-9-16/h2-4,8-9,11-13,15,19H,5-7,10,14H2,1H3,(H,24,26)/t15-,19-/m0/s1. The number of hydrogen-bond donors (Lipinski definition) is 1. The molecule has 6 nitrogen and oxygen atoms in total. The van der Waals surface area contributed by atoms with Crippen molar-refractivity contribution < 1.29 is 18.8 Å². The number of esters is 1. The Morgan fingerprint density at radius 3 is 2.72 bits per heavy atom. The summed E-state index contributed by atoms with van der Waals surface area (Å²) in [7, 11) is 0. The second kappa shape index (κ2) is 8.47. The first-order chi connectivity index (χ1) is 14.1. The van der Waals surface area contributed by atoms with Crippen LogP contribution in [0.5, 0.6) is 0 Å². The van der Waals surface area contributed by atoms with Crippen molar-refractivity contribution >= 4 is 22.8 Å². The van der Waals surface area contributed by atoms with Crippen LogP contribution in [-0.2, 0) is 9.53 Å². The SMILES string of the molecule is C[C@H]1CCCC[C@@H]1NC(=O)COC(=O)c1ccc2noc(-c3ccccc3)c2c1. The van der Waals surface area contributed by atoms with Gasteiger partial charge in [0.05, 0.1) is 10.9 Å². The van der Waals surface area contributed by atoms with Gasteiger partial charge in [-0.15, -0.1) is 0 Å². The van der Waals surface area contributed by atoms with E-state index >= 15 is 0 Å². The lowest BCUT2D eigenvalue weighted by Crippen LogP contribution is -2.42. The van der Waals surface area contributed by atoms with E-state index in [4.69, 9.17) is 9.26 Å². The number of nitrogens with one attached hydrogen (secondary N) is 1. The molecule has 3 aromatic rings. The van der Waals surface area contributed by atoms with Crippen molar-refractivity contribution in [2.24, 2.45) is 5.92 Å². The lowest BCUT2D eigenvalue weighted by molar-refractivity contribution is -0.125. The van der Waals surface area contributed by atoms with Gasteiger partial charge in [-0.05, 0) is 37.0 Å². The predicted octanol–water partition coefficient (Wildman–Crippen LogP) is 4.35. The topological polar surface area (TPSA) is 81.4 Å². The molecule has 0 aliphatic heterocycles. The second-order valence-electron chi connectivity index (χ2n) is 7.62. The fourth-order valence-electron chi connectivity index (χ4n) is 3.86. The Labute approximate surface area is 169 Å². The zero-order valence-electron chi connectivity index (χ0n) is 16.4. The van der Waals surface area contributed by atoms with Gasteiger partial charge >= 0.3 is 5.97 Å². The summed E-state index contributed by atoms with van der Waals surface area (Å²) >= 11 is 0. The van der Waals surface area contributed by atoms with Crippen LogP contribution in [0.1, 0.15) is 43.0 Å². The molecule has 0 spiro atoms. The summed E-state index contributed by atoms with van der Waals surface area (Å²) in [4.78, 5) is 24.7. The number of carbonyl (C=O) groups excluding carboxylic acids is 2. The fraction of sp³-hybridized carbons (Fsp3) is 0.348. The molecule has 0 unspecified atom stereocenters. The van der Waals surface area contributed by atoms with Crippen molar-refractivity contribution in [3.63, 3.8) is 0 Å². The monoisotopic (exact) mass is 392 g/mol. The largest absolute Gasteiger partial charge is 0.452 e. The van der Waals surface area contributed by atoms with Crippen LogP contribution in [0.3, 0.4) is 0 Å². The first-order valence-electron chi connectivity index (χ1n) is 10.0. The van der Waals surface area contributed by atoms with E-state index in [1.165, 1.54) is 6.42 Å². The summed E-state index contributed by atoms with van der Waals surface area (Å²) in [5.41, 5.74) is 1.89. The van der Waals surface area contributed by atoms with E-state index < -0.39 is 5.97 Å². The van der Waals surface area contributed by atoms with Crippen molar-refractivity contribution in [2.75, 3.05) is 6.61 Å². The van der Waals surface area contributed by atoms with E-state index in [9.17, 15) is 9.59 Å². The van der Waals surface area contributed by atoms with Gasteiger partial charge in [0, 0.05) is 11.6 Å². The molecule has 1 N–H and O–H groups in total. The maximum absolute atomic E-state index is 12.5. The van der Waals surface area contributed by atoms with Crippen LogP contribution in [-0.4, -0.2) is 29.7 Å². The molecule has 2 aromatic carbocycles. The van der Waals surface area contributed by atoms with Gasteiger partial charge in [-0.1, -0.05) is 55.3 Å². The van der Waals surface area contributed by atoms with E-state index in [0.29, 0.717) is 22.8 Å². The molecule has 6 heteroatoms. The molecule has 1 heterocycles. The molecule has 1 aliphatic rings. The maximum atomic E-state index is 12.5. The summed E-state index contributed by atoms with van der Waals surface area (Å²) in [5, 5.41) is 7.77. The van der Waals surface area contributed by atoms with E-state index in [1.54, 1.807) is 18.2 Å². The van der Waals surface area contributed by atoms with Crippen molar-refractivity contribution in [2.45, 2.75) is 38.6 Å². The summed E-state index contributed by atoms with van der Waals surface area (Å²) < 4.78 is 10.7. The molecular formula is C23H24N2O4. The fourth-order valence-corrected chi connectivity index (χ4v) is 3.86. The Morgan fingerprint density at radius 1 is 1.14 bits per heavy atom. The average Bonchev–Trinajstić information content (AvgIpc) is 3.17. The van der Waals surface area contributed by atoms with E-state index in [-0.39, 0.29) is 18.6 Å². The molecule has 4 rings (SSSR count). The normalized spacial score (nSPS) is 19.1. The molecule has 1 amide bonds. The molecule has 2 atom stereocenters. The highest BCUT2D eigenvalue weighted by molar-refractivity contribution is 5.99. The van der Waals surface area contributed by atoms with Crippen LogP contribution < -0.4 is 5.32 Å². The first kappa shape index (κ1) is 19.2. The maximum Gasteiger partial charge on any atom is 0.338 e. The molecule has 0 bridgehead atoms. The van der Waals surface area contributed by atoms with E-state index in [2.05, 4.69) is 17.4 Å². The number of nitrogens with zero attached hydrogens (tertiary/aromatic N) is 1. The number of amides is 1. The molecule has 29 heavy (non-hydrogen) atoms. The number of hydrogen-bond acceptors (Lipinski definition) is 5. The number of aromatic nitrogens is 1. The van der Waals surface area contributed by atoms with Crippen LogP contribution in [0.4, 0.5) is 0 Å². The molecule has 1 fully saturated rings. The van der Waals surface area contributed by atoms with Crippen molar-refractivity contribution in [1.29, 1.82) is 0 Å². The van der Waals surface area contributed by atoms with Crippen molar-refractivity contribution in [3.05, 3.63) is 54.1 Å². The molecule has 1 saturated carbocycles. The van der Waals surface area contributed by atoms with Gasteiger partial charge in [0.2, 0.25) is 0 Å². The summed E-state index contributed by atoms with van der Waals surface area (Å²) in [5.74, 6) is 0.252. The number of carbonyl (C=O) groups is 2. The van der Waals surface area contributed by atoms with Crippen LogP contribution in [0.25, 0.3) is 22.2 Å². The van der Waals surface area contributed by atoms with Gasteiger partial charge in [-0.3, -0.25) is 4.79 Å². The number of ether oxygens (including phenoxy) is 1.